The number of halogens is 1. The third-order valence-corrected chi connectivity index (χ3v) is 4.74. The quantitative estimate of drug-likeness (QED) is 0.330. The molecule has 0 atom stereocenters. The number of nitrogens with one attached hydrogen (secondary N) is 1. The number of hydrogen-bond acceptors (Lipinski definition) is 4. The topological polar surface area (TPSA) is 69.9 Å². The van der Waals surface area contributed by atoms with Gasteiger partial charge in [0.05, 0.1) is 11.7 Å². The monoisotopic (exact) mass is 396 g/mol. The van der Waals surface area contributed by atoms with Crippen LogP contribution in [0.15, 0.2) is 54.9 Å². The number of nitrogens with zero attached hydrogens (tertiary/aromatic N) is 3. The van der Waals surface area contributed by atoms with Crippen molar-refractivity contribution in [2.45, 2.75) is 26.3 Å². The number of hydroxylamine groups is 1. The minimum Gasteiger partial charge on any atom is -0.299 e. The molecule has 0 aliphatic rings. The predicted molar refractivity (Wildman–Crippen MR) is 110 cm³/mol. The van der Waals surface area contributed by atoms with Crippen LogP contribution in [0.4, 0.5) is 4.39 Å². The molecule has 0 saturated carbocycles. The second kappa shape index (κ2) is 9.95. The van der Waals surface area contributed by atoms with E-state index in [1.807, 2.05) is 35.1 Å². The number of amides is 1. The standard InChI is InChI=1S/C22H25FN4O2/c1-2-11-26(13-10-19-15-24-27-12-4-3-5-21(19)27)16-17-6-7-18(20(23)14-17)8-9-22(28)25-29/h3-9,12,14-15,29H,2,10-11,13,16H2,1H3,(H,25,28)/b9-8+. The van der Waals surface area contributed by atoms with E-state index in [9.17, 15) is 9.18 Å². The van der Waals surface area contributed by atoms with Crippen LogP contribution in [0, 0.1) is 5.82 Å². The zero-order valence-electron chi connectivity index (χ0n) is 16.4. The Morgan fingerprint density at radius 3 is 2.93 bits per heavy atom. The summed E-state index contributed by atoms with van der Waals surface area (Å²) in [6.07, 6.45) is 8.13. The van der Waals surface area contributed by atoms with Crippen molar-refractivity contribution in [1.82, 2.24) is 20.0 Å². The molecular formula is C22H25FN4O2. The largest absolute Gasteiger partial charge is 0.299 e. The number of carbonyl (C=O) groups is 1. The Bertz CT molecular complexity index is 999. The first-order chi connectivity index (χ1) is 14.1. The summed E-state index contributed by atoms with van der Waals surface area (Å²) in [6.45, 7) is 4.54. The fraction of sp³-hybridized carbons (Fsp3) is 0.273. The van der Waals surface area contributed by atoms with Crippen molar-refractivity contribution in [3.8, 4) is 0 Å². The van der Waals surface area contributed by atoms with E-state index in [0.29, 0.717) is 12.1 Å². The summed E-state index contributed by atoms with van der Waals surface area (Å²) in [7, 11) is 0. The highest BCUT2D eigenvalue weighted by Gasteiger charge is 2.10. The van der Waals surface area contributed by atoms with Crippen LogP contribution >= 0.6 is 0 Å². The van der Waals surface area contributed by atoms with Crippen molar-refractivity contribution in [2.75, 3.05) is 13.1 Å². The molecule has 6 nitrogen and oxygen atoms in total. The normalized spacial score (nSPS) is 11.6. The Labute approximate surface area is 169 Å². The Kier molecular flexibility index (Phi) is 7.10. The highest BCUT2D eigenvalue weighted by atomic mass is 19.1. The van der Waals surface area contributed by atoms with Gasteiger partial charge in [0.15, 0.2) is 0 Å². The van der Waals surface area contributed by atoms with Gasteiger partial charge >= 0.3 is 0 Å². The molecule has 2 heterocycles. The van der Waals surface area contributed by atoms with Gasteiger partial charge < -0.3 is 0 Å². The summed E-state index contributed by atoms with van der Waals surface area (Å²) in [5, 5.41) is 12.9. The molecule has 1 amide bonds. The van der Waals surface area contributed by atoms with Crippen molar-refractivity contribution in [1.29, 1.82) is 0 Å². The average Bonchev–Trinajstić information content (AvgIpc) is 3.14. The van der Waals surface area contributed by atoms with Crippen molar-refractivity contribution in [2.24, 2.45) is 0 Å². The third kappa shape index (κ3) is 5.49. The minimum atomic E-state index is -0.699. The Morgan fingerprint density at radius 1 is 1.31 bits per heavy atom. The number of carbonyl (C=O) groups excluding carboxylic acids is 1. The van der Waals surface area contributed by atoms with Gasteiger partial charge in [-0.05, 0) is 54.8 Å². The van der Waals surface area contributed by atoms with Crippen LogP contribution in [-0.4, -0.2) is 38.7 Å². The minimum absolute atomic E-state index is 0.297. The summed E-state index contributed by atoms with van der Waals surface area (Å²) >= 11 is 0. The number of hydrogen-bond donors (Lipinski definition) is 2. The lowest BCUT2D eigenvalue weighted by Crippen LogP contribution is -2.26. The molecule has 0 aliphatic heterocycles. The van der Waals surface area contributed by atoms with Crippen molar-refractivity contribution < 1.29 is 14.4 Å². The van der Waals surface area contributed by atoms with E-state index >= 15 is 0 Å². The fourth-order valence-corrected chi connectivity index (χ4v) is 3.31. The molecule has 7 heteroatoms. The zero-order chi connectivity index (χ0) is 20.6. The Hall–Kier alpha value is -3.03. The number of rotatable bonds is 9. The first kappa shape index (κ1) is 20.7. The summed E-state index contributed by atoms with van der Waals surface area (Å²) in [5.41, 5.74) is 4.96. The molecule has 0 unspecified atom stereocenters. The maximum absolute atomic E-state index is 14.3. The van der Waals surface area contributed by atoms with Crippen LogP contribution < -0.4 is 5.48 Å². The molecule has 0 fully saturated rings. The molecule has 0 aliphatic carbocycles. The van der Waals surface area contributed by atoms with Crippen molar-refractivity contribution in [3.05, 3.63) is 77.4 Å². The molecule has 3 aromatic rings. The number of aromatic nitrogens is 2. The van der Waals surface area contributed by atoms with Crippen LogP contribution in [0.2, 0.25) is 0 Å². The Morgan fingerprint density at radius 2 is 2.17 bits per heavy atom. The van der Waals surface area contributed by atoms with E-state index in [0.717, 1.165) is 43.1 Å². The first-order valence-corrected chi connectivity index (χ1v) is 9.65. The second-order valence-corrected chi connectivity index (χ2v) is 6.89. The molecule has 2 aromatic heterocycles. The SMILES string of the molecule is CCCN(CCc1cnn2ccccc12)Cc1ccc(/C=C/C(=O)NO)c(F)c1. The highest BCUT2D eigenvalue weighted by molar-refractivity contribution is 5.90. The predicted octanol–water partition coefficient (Wildman–Crippen LogP) is 3.45. The van der Waals surface area contributed by atoms with Gasteiger partial charge in [0.2, 0.25) is 0 Å². The Balaban J connectivity index is 1.66. The molecule has 29 heavy (non-hydrogen) atoms. The second-order valence-electron chi connectivity index (χ2n) is 6.89. The third-order valence-electron chi connectivity index (χ3n) is 4.74. The van der Waals surface area contributed by atoms with Gasteiger partial charge in [0.25, 0.3) is 5.91 Å². The van der Waals surface area contributed by atoms with Gasteiger partial charge in [-0.15, -0.1) is 0 Å². The van der Waals surface area contributed by atoms with Crippen LogP contribution in [0.3, 0.4) is 0 Å². The van der Waals surface area contributed by atoms with Crippen molar-refractivity contribution >= 4 is 17.5 Å². The van der Waals surface area contributed by atoms with E-state index in [2.05, 4.69) is 23.0 Å². The maximum Gasteiger partial charge on any atom is 0.267 e. The van der Waals surface area contributed by atoms with E-state index < -0.39 is 11.7 Å². The molecule has 0 spiro atoms. The first-order valence-electron chi connectivity index (χ1n) is 9.65. The highest BCUT2D eigenvalue weighted by Crippen LogP contribution is 2.16. The lowest BCUT2D eigenvalue weighted by molar-refractivity contribution is -0.124. The number of fused-ring (bicyclic) bond motifs is 1. The molecule has 0 radical (unpaired) electrons. The molecule has 3 rings (SSSR count). The number of benzene rings is 1. The maximum atomic E-state index is 14.3. The summed E-state index contributed by atoms with van der Waals surface area (Å²) in [4.78, 5) is 13.4. The van der Waals surface area contributed by atoms with E-state index in [1.54, 1.807) is 6.07 Å². The van der Waals surface area contributed by atoms with E-state index in [-0.39, 0.29) is 0 Å². The van der Waals surface area contributed by atoms with E-state index in [4.69, 9.17) is 5.21 Å². The summed E-state index contributed by atoms with van der Waals surface area (Å²) in [5.74, 6) is -1.10. The van der Waals surface area contributed by atoms with E-state index in [1.165, 1.54) is 23.2 Å². The molecular weight excluding hydrogens is 371 g/mol. The number of pyridine rings is 1. The molecule has 0 saturated heterocycles. The average molecular weight is 396 g/mol. The van der Waals surface area contributed by atoms with Gasteiger partial charge in [-0.1, -0.05) is 25.1 Å². The summed E-state index contributed by atoms with van der Waals surface area (Å²) in [6, 6.07) is 11.0. The molecule has 0 bridgehead atoms. The van der Waals surface area contributed by atoms with Crippen LogP contribution in [0.5, 0.6) is 0 Å². The lowest BCUT2D eigenvalue weighted by Gasteiger charge is -2.22. The molecule has 1 aromatic carbocycles. The molecule has 2 N–H and O–H groups in total. The van der Waals surface area contributed by atoms with Crippen LogP contribution in [0.25, 0.3) is 11.6 Å². The van der Waals surface area contributed by atoms with Gasteiger partial charge in [-0.3, -0.25) is 14.9 Å². The van der Waals surface area contributed by atoms with Crippen molar-refractivity contribution in [3.63, 3.8) is 0 Å². The lowest BCUT2D eigenvalue weighted by atomic mass is 10.1. The van der Waals surface area contributed by atoms with Crippen LogP contribution in [0.1, 0.15) is 30.0 Å². The van der Waals surface area contributed by atoms with Gasteiger partial charge in [0.1, 0.15) is 5.82 Å². The fourth-order valence-electron chi connectivity index (χ4n) is 3.31. The smallest absolute Gasteiger partial charge is 0.267 e. The van der Waals surface area contributed by atoms with Gasteiger partial charge in [-0.25, -0.2) is 14.4 Å². The van der Waals surface area contributed by atoms with Gasteiger partial charge in [0, 0.05) is 30.9 Å². The van der Waals surface area contributed by atoms with Gasteiger partial charge in [-0.2, -0.15) is 5.10 Å². The van der Waals surface area contributed by atoms with Crippen LogP contribution in [-0.2, 0) is 17.8 Å². The summed E-state index contributed by atoms with van der Waals surface area (Å²) < 4.78 is 16.2. The molecule has 152 valence electrons. The zero-order valence-corrected chi connectivity index (χ0v) is 16.4.